The molecular weight excluding hydrogens is 649 g/mol. The molecule has 54 heavy (non-hydrogen) atoms. The number of allylic oxidation sites excluding steroid dienone is 14. The van der Waals surface area contributed by atoms with E-state index in [0.29, 0.717) is 0 Å². The summed E-state index contributed by atoms with van der Waals surface area (Å²) in [7, 11) is 0. The Bertz CT molecular complexity index is 997. The molecule has 0 rings (SSSR count). The molecule has 0 aromatic carbocycles. The van der Waals surface area contributed by atoms with Crippen LogP contribution in [0.15, 0.2) is 84.6 Å². The largest absolute Gasteiger partial charge is 0.0885 e. The molecule has 0 aliphatic rings. The topological polar surface area (TPSA) is 0 Å². The zero-order valence-electron chi connectivity index (χ0n) is 37.9. The number of unbranched alkanes of at least 4 members (excludes halogenated alkanes) is 18. The van der Waals surface area contributed by atoms with Crippen molar-refractivity contribution in [3.63, 3.8) is 0 Å². The Morgan fingerprint density at radius 3 is 1.46 bits per heavy atom. The van der Waals surface area contributed by atoms with Crippen molar-refractivity contribution in [1.29, 1.82) is 0 Å². The van der Waals surface area contributed by atoms with Crippen LogP contribution in [0.1, 0.15) is 248 Å². The standard InChI is InChI=1S/C54H96/c1-8-15-22-28-31-33-39-46-52(45-38-32-29-23-16-9-2)54(50-43-36-27-20-13-6,51-44-37-30-24-17-10-3)53(47-40-21-14-7,48-41-34-25-18-11-4)49-42-35-26-19-12-5/h27-28,31-32,34,36,38,41-42,44,46,49,51H,8-26,29-30,33,35,37,39-40,43,45,47-48,50H2,1-7H3. The van der Waals surface area contributed by atoms with Crippen molar-refractivity contribution in [2.24, 2.45) is 10.8 Å². The van der Waals surface area contributed by atoms with Crippen molar-refractivity contribution < 1.29 is 0 Å². The van der Waals surface area contributed by atoms with Gasteiger partial charge in [-0.1, -0.05) is 229 Å². The Morgan fingerprint density at radius 2 is 0.815 bits per heavy atom. The molecule has 2 atom stereocenters. The molecule has 0 nitrogen and oxygen atoms in total. The zero-order chi connectivity index (χ0) is 39.7. The van der Waals surface area contributed by atoms with Crippen LogP contribution in [0.4, 0.5) is 0 Å². The summed E-state index contributed by atoms with van der Waals surface area (Å²) in [6.45, 7) is 16.3. The Kier molecular flexibility index (Phi) is 38.1. The fourth-order valence-electron chi connectivity index (χ4n) is 8.02. The summed E-state index contributed by atoms with van der Waals surface area (Å²) in [4.78, 5) is 0. The highest BCUT2D eigenvalue weighted by Crippen LogP contribution is 2.57. The van der Waals surface area contributed by atoms with Crippen molar-refractivity contribution >= 4 is 0 Å². The van der Waals surface area contributed by atoms with Crippen molar-refractivity contribution in [3.05, 3.63) is 84.6 Å². The lowest BCUT2D eigenvalue weighted by atomic mass is 9.53. The fraction of sp³-hybridized carbons (Fsp3) is 0.741. The van der Waals surface area contributed by atoms with Gasteiger partial charge in [0.05, 0.1) is 0 Å². The Morgan fingerprint density at radius 1 is 0.333 bits per heavy atom. The third-order valence-electron chi connectivity index (χ3n) is 11.5. The predicted octanol–water partition coefficient (Wildman–Crippen LogP) is 19.5. The molecule has 2 unspecified atom stereocenters. The minimum atomic E-state index is -0.0297. The quantitative estimate of drug-likeness (QED) is 0.0434. The summed E-state index contributed by atoms with van der Waals surface area (Å²) in [6.07, 6.45) is 72.6. The van der Waals surface area contributed by atoms with Crippen LogP contribution in [-0.2, 0) is 0 Å². The molecule has 0 fully saturated rings. The first-order valence-corrected chi connectivity index (χ1v) is 24.2. The molecule has 0 amide bonds. The van der Waals surface area contributed by atoms with Gasteiger partial charge < -0.3 is 0 Å². The highest BCUT2D eigenvalue weighted by molar-refractivity contribution is 5.34. The molecule has 0 saturated carbocycles. The normalized spacial score (nSPS) is 15.4. The van der Waals surface area contributed by atoms with Crippen molar-refractivity contribution in [2.45, 2.75) is 248 Å². The molecule has 0 N–H and O–H groups in total. The van der Waals surface area contributed by atoms with Crippen molar-refractivity contribution in [2.75, 3.05) is 0 Å². The molecule has 0 heterocycles. The molecule has 0 bridgehead atoms. The van der Waals surface area contributed by atoms with Crippen molar-refractivity contribution in [3.8, 4) is 0 Å². The minimum absolute atomic E-state index is 0.0297. The van der Waals surface area contributed by atoms with Crippen LogP contribution in [-0.4, -0.2) is 0 Å². The number of rotatable bonds is 39. The Labute approximate surface area is 341 Å². The van der Waals surface area contributed by atoms with E-state index in [-0.39, 0.29) is 10.8 Å². The van der Waals surface area contributed by atoms with Gasteiger partial charge in [-0.05, 0) is 103 Å². The maximum atomic E-state index is 2.82. The van der Waals surface area contributed by atoms with E-state index in [0.717, 1.165) is 32.1 Å². The van der Waals surface area contributed by atoms with E-state index in [1.165, 1.54) is 167 Å². The van der Waals surface area contributed by atoms with Crippen LogP contribution >= 0.6 is 0 Å². The number of hydrogen-bond donors (Lipinski definition) is 0. The molecule has 312 valence electrons. The second kappa shape index (κ2) is 39.4. The summed E-state index contributed by atoms with van der Waals surface area (Å²) in [6, 6.07) is 0. The lowest BCUT2D eigenvalue weighted by Crippen LogP contribution is -2.41. The lowest BCUT2D eigenvalue weighted by molar-refractivity contribution is 0.146. The smallest absolute Gasteiger partial charge is 0.0191 e. The second-order valence-electron chi connectivity index (χ2n) is 16.4. The SMILES string of the molecule is CCCC=CCCC(C=CCCCCCC)(C(=CCCC=CCCCC)CC=CCCCCC)C(C=CCCCCC)(CC=CCCCC)CCCCC. The maximum Gasteiger partial charge on any atom is 0.0191 e. The molecule has 0 aliphatic carbocycles. The van der Waals surface area contributed by atoms with Gasteiger partial charge in [-0.3, -0.25) is 0 Å². The number of hydrogen-bond acceptors (Lipinski definition) is 0. The summed E-state index contributed by atoms with van der Waals surface area (Å²) >= 11 is 0. The van der Waals surface area contributed by atoms with Crippen LogP contribution in [0.3, 0.4) is 0 Å². The van der Waals surface area contributed by atoms with E-state index in [1.54, 1.807) is 5.57 Å². The molecule has 0 aliphatic heterocycles. The van der Waals surface area contributed by atoms with E-state index < -0.39 is 0 Å². The molecule has 0 saturated heterocycles. The summed E-state index contributed by atoms with van der Waals surface area (Å²) < 4.78 is 0. The van der Waals surface area contributed by atoms with Crippen molar-refractivity contribution in [1.82, 2.24) is 0 Å². The van der Waals surface area contributed by atoms with Crippen LogP contribution in [0.2, 0.25) is 0 Å². The maximum absolute atomic E-state index is 2.82. The molecule has 0 spiro atoms. The minimum Gasteiger partial charge on any atom is -0.0885 e. The highest BCUT2D eigenvalue weighted by atomic mass is 14.5. The fourth-order valence-corrected chi connectivity index (χ4v) is 8.02. The Balaban J connectivity index is 7.81. The zero-order valence-corrected chi connectivity index (χ0v) is 37.9. The molecule has 0 aromatic rings. The lowest BCUT2D eigenvalue weighted by Gasteiger charge is -2.50. The molecule has 0 radical (unpaired) electrons. The van der Waals surface area contributed by atoms with Gasteiger partial charge >= 0.3 is 0 Å². The summed E-state index contributed by atoms with van der Waals surface area (Å²) in [5.41, 5.74) is 1.72. The monoisotopic (exact) mass is 745 g/mol. The first-order valence-electron chi connectivity index (χ1n) is 24.2. The van der Waals surface area contributed by atoms with E-state index in [2.05, 4.69) is 127 Å². The average Bonchev–Trinajstić information content (AvgIpc) is 3.18. The van der Waals surface area contributed by atoms with E-state index in [9.17, 15) is 0 Å². The van der Waals surface area contributed by atoms with Gasteiger partial charge in [0.2, 0.25) is 0 Å². The van der Waals surface area contributed by atoms with Gasteiger partial charge in [-0.25, -0.2) is 0 Å². The molecular formula is C54H96. The second-order valence-corrected chi connectivity index (χ2v) is 16.4. The van der Waals surface area contributed by atoms with Gasteiger partial charge in [0.25, 0.3) is 0 Å². The third-order valence-corrected chi connectivity index (χ3v) is 11.5. The van der Waals surface area contributed by atoms with Gasteiger partial charge in [0, 0.05) is 10.8 Å². The van der Waals surface area contributed by atoms with Gasteiger partial charge in [-0.2, -0.15) is 0 Å². The third kappa shape index (κ3) is 25.4. The first kappa shape index (κ1) is 52.2. The van der Waals surface area contributed by atoms with Crippen LogP contribution in [0, 0.1) is 10.8 Å². The van der Waals surface area contributed by atoms with E-state index in [4.69, 9.17) is 0 Å². The summed E-state index contributed by atoms with van der Waals surface area (Å²) in [5, 5.41) is 0. The van der Waals surface area contributed by atoms with E-state index in [1.807, 2.05) is 0 Å². The van der Waals surface area contributed by atoms with Crippen LogP contribution in [0.25, 0.3) is 0 Å². The molecule has 0 heteroatoms. The van der Waals surface area contributed by atoms with E-state index >= 15 is 0 Å². The average molecular weight is 745 g/mol. The Hall–Kier alpha value is -1.82. The van der Waals surface area contributed by atoms with Gasteiger partial charge in [0.1, 0.15) is 0 Å². The summed E-state index contributed by atoms with van der Waals surface area (Å²) in [5.74, 6) is 0. The van der Waals surface area contributed by atoms with Gasteiger partial charge in [-0.15, -0.1) is 0 Å². The van der Waals surface area contributed by atoms with Crippen LogP contribution in [0.5, 0.6) is 0 Å². The first-order chi connectivity index (χ1) is 26.6. The molecule has 0 aromatic heterocycles. The predicted molar refractivity (Wildman–Crippen MR) is 251 cm³/mol. The highest BCUT2D eigenvalue weighted by Gasteiger charge is 2.48. The van der Waals surface area contributed by atoms with Gasteiger partial charge in [0.15, 0.2) is 0 Å². The van der Waals surface area contributed by atoms with Crippen LogP contribution < -0.4 is 0 Å².